The minimum absolute atomic E-state index is 0.107. The second kappa shape index (κ2) is 5.16. The van der Waals surface area contributed by atoms with E-state index in [4.69, 9.17) is 0 Å². The Balaban J connectivity index is 1.91. The van der Waals surface area contributed by atoms with E-state index in [0.717, 1.165) is 31.4 Å². The summed E-state index contributed by atoms with van der Waals surface area (Å²) < 4.78 is 0. The molecule has 1 amide bonds. The number of non-ortho nitro benzene ring substituents is 1. The Morgan fingerprint density at radius 2 is 2.06 bits per heavy atom. The lowest BCUT2D eigenvalue weighted by Gasteiger charge is -2.09. The van der Waals surface area contributed by atoms with Gasteiger partial charge in [-0.05, 0) is 24.8 Å². The van der Waals surface area contributed by atoms with Gasteiger partial charge in [-0.15, -0.1) is 0 Å². The quantitative estimate of drug-likeness (QED) is 0.604. The van der Waals surface area contributed by atoms with Gasteiger partial charge in [0.1, 0.15) is 0 Å². The van der Waals surface area contributed by atoms with Crippen LogP contribution in [-0.2, 0) is 11.2 Å². The summed E-state index contributed by atoms with van der Waals surface area (Å²) in [5.74, 6) is 0.335. The van der Waals surface area contributed by atoms with Crippen LogP contribution in [-0.4, -0.2) is 29.3 Å². The lowest BCUT2D eigenvalue weighted by atomic mass is 9.98. The van der Waals surface area contributed by atoms with Gasteiger partial charge in [0.15, 0.2) is 0 Å². The summed E-state index contributed by atoms with van der Waals surface area (Å²) in [6, 6.07) is 6.55. The number of nitrogens with zero attached hydrogens (tertiary/aromatic N) is 2. The maximum atomic E-state index is 11.7. The van der Waals surface area contributed by atoms with E-state index >= 15 is 0 Å². The second-order valence-electron chi connectivity index (χ2n) is 4.71. The SMILES string of the molecule is CN1CCC(CCc2ccc([N+](=O)[O-])cc2)C1=O. The van der Waals surface area contributed by atoms with Crippen LogP contribution in [0.4, 0.5) is 5.69 Å². The molecule has 1 heterocycles. The molecule has 0 bridgehead atoms. The van der Waals surface area contributed by atoms with Crippen molar-refractivity contribution in [2.45, 2.75) is 19.3 Å². The highest BCUT2D eigenvalue weighted by Crippen LogP contribution is 2.22. The van der Waals surface area contributed by atoms with Crippen molar-refractivity contribution in [2.75, 3.05) is 13.6 Å². The van der Waals surface area contributed by atoms with Crippen LogP contribution < -0.4 is 0 Å². The first kappa shape index (κ1) is 12.5. The minimum atomic E-state index is -0.404. The van der Waals surface area contributed by atoms with Gasteiger partial charge in [-0.1, -0.05) is 12.1 Å². The standard InChI is InChI=1S/C13H16N2O3/c1-14-9-8-11(13(14)16)5-2-10-3-6-12(7-4-10)15(17)18/h3-4,6-7,11H,2,5,8-9H2,1H3. The average molecular weight is 248 g/mol. The molecule has 1 aromatic rings. The summed E-state index contributed by atoms with van der Waals surface area (Å²) in [6.45, 7) is 0.837. The van der Waals surface area contributed by atoms with Crippen LogP contribution in [0, 0.1) is 16.0 Å². The van der Waals surface area contributed by atoms with Crippen molar-refractivity contribution in [3.63, 3.8) is 0 Å². The lowest BCUT2D eigenvalue weighted by Crippen LogP contribution is -2.22. The maximum absolute atomic E-state index is 11.7. The van der Waals surface area contributed by atoms with Crippen LogP contribution in [0.1, 0.15) is 18.4 Å². The van der Waals surface area contributed by atoms with Crippen molar-refractivity contribution in [2.24, 2.45) is 5.92 Å². The van der Waals surface area contributed by atoms with Crippen molar-refractivity contribution in [3.8, 4) is 0 Å². The Labute approximate surface area is 106 Å². The van der Waals surface area contributed by atoms with Crippen LogP contribution in [0.25, 0.3) is 0 Å². The van der Waals surface area contributed by atoms with E-state index in [0.29, 0.717) is 0 Å². The highest BCUT2D eigenvalue weighted by atomic mass is 16.6. The molecule has 1 unspecified atom stereocenters. The molecule has 1 aromatic carbocycles. The summed E-state index contributed by atoms with van der Waals surface area (Å²) in [5.41, 5.74) is 1.15. The number of rotatable bonds is 4. The van der Waals surface area contributed by atoms with Gasteiger partial charge in [0.2, 0.25) is 5.91 Å². The third kappa shape index (κ3) is 2.67. The molecule has 0 saturated carbocycles. The first-order valence-electron chi connectivity index (χ1n) is 6.06. The normalized spacial score (nSPS) is 19.3. The Bertz CT molecular complexity index is 456. The molecule has 1 saturated heterocycles. The highest BCUT2D eigenvalue weighted by molar-refractivity contribution is 5.80. The number of nitro groups is 1. The lowest BCUT2D eigenvalue weighted by molar-refractivity contribution is -0.384. The molecule has 0 aromatic heterocycles. The van der Waals surface area contributed by atoms with E-state index in [2.05, 4.69) is 0 Å². The zero-order chi connectivity index (χ0) is 13.1. The maximum Gasteiger partial charge on any atom is 0.269 e. The second-order valence-corrected chi connectivity index (χ2v) is 4.71. The van der Waals surface area contributed by atoms with Crippen molar-refractivity contribution >= 4 is 11.6 Å². The molecule has 1 atom stereocenters. The van der Waals surface area contributed by atoms with Gasteiger partial charge in [0.05, 0.1) is 4.92 Å². The summed E-state index contributed by atoms with van der Waals surface area (Å²) >= 11 is 0. The Kier molecular flexibility index (Phi) is 3.60. The molecule has 1 aliphatic heterocycles. The number of aryl methyl sites for hydroxylation is 1. The molecule has 18 heavy (non-hydrogen) atoms. The van der Waals surface area contributed by atoms with Crippen molar-refractivity contribution < 1.29 is 9.72 Å². The Hall–Kier alpha value is -1.91. The third-order valence-corrected chi connectivity index (χ3v) is 3.47. The average Bonchev–Trinajstić information content (AvgIpc) is 2.68. The monoisotopic (exact) mass is 248 g/mol. The van der Waals surface area contributed by atoms with E-state index in [9.17, 15) is 14.9 Å². The first-order valence-corrected chi connectivity index (χ1v) is 6.06. The molecule has 1 fully saturated rings. The Morgan fingerprint density at radius 3 is 2.56 bits per heavy atom. The zero-order valence-electron chi connectivity index (χ0n) is 10.3. The largest absolute Gasteiger partial charge is 0.345 e. The van der Waals surface area contributed by atoms with E-state index < -0.39 is 4.92 Å². The van der Waals surface area contributed by atoms with E-state index in [1.54, 1.807) is 17.0 Å². The van der Waals surface area contributed by atoms with Crippen LogP contribution in [0.2, 0.25) is 0 Å². The number of likely N-dealkylation sites (tertiary alicyclic amines) is 1. The van der Waals surface area contributed by atoms with Crippen molar-refractivity contribution in [1.29, 1.82) is 0 Å². The number of amides is 1. The smallest absolute Gasteiger partial charge is 0.269 e. The van der Waals surface area contributed by atoms with Gasteiger partial charge in [0.25, 0.3) is 5.69 Å². The molecule has 5 nitrogen and oxygen atoms in total. The molecule has 0 spiro atoms. The van der Waals surface area contributed by atoms with Gasteiger partial charge < -0.3 is 4.90 Å². The predicted molar refractivity (Wildman–Crippen MR) is 67.2 cm³/mol. The van der Waals surface area contributed by atoms with Crippen LogP contribution >= 0.6 is 0 Å². The van der Waals surface area contributed by atoms with Crippen LogP contribution in [0.3, 0.4) is 0 Å². The fraction of sp³-hybridized carbons (Fsp3) is 0.462. The van der Waals surface area contributed by atoms with E-state index in [1.807, 2.05) is 7.05 Å². The molecule has 2 rings (SSSR count). The van der Waals surface area contributed by atoms with E-state index in [1.165, 1.54) is 12.1 Å². The van der Waals surface area contributed by atoms with Crippen molar-refractivity contribution in [1.82, 2.24) is 4.90 Å². The minimum Gasteiger partial charge on any atom is -0.345 e. The molecule has 0 aliphatic carbocycles. The number of hydrogen-bond acceptors (Lipinski definition) is 3. The number of carbonyl (C=O) groups excluding carboxylic acids is 1. The predicted octanol–water partition coefficient (Wildman–Crippen LogP) is 2.01. The summed E-state index contributed by atoms with van der Waals surface area (Å²) in [4.78, 5) is 23.6. The van der Waals surface area contributed by atoms with E-state index in [-0.39, 0.29) is 17.5 Å². The van der Waals surface area contributed by atoms with Crippen LogP contribution in [0.15, 0.2) is 24.3 Å². The zero-order valence-corrected chi connectivity index (χ0v) is 10.3. The Morgan fingerprint density at radius 1 is 1.39 bits per heavy atom. The number of nitro benzene ring substituents is 1. The molecule has 5 heteroatoms. The number of benzene rings is 1. The molecule has 0 N–H and O–H groups in total. The van der Waals surface area contributed by atoms with Crippen molar-refractivity contribution in [3.05, 3.63) is 39.9 Å². The van der Waals surface area contributed by atoms with Gasteiger partial charge in [-0.25, -0.2) is 0 Å². The fourth-order valence-electron chi connectivity index (χ4n) is 2.29. The molecule has 96 valence electrons. The van der Waals surface area contributed by atoms with Gasteiger partial charge in [-0.2, -0.15) is 0 Å². The fourth-order valence-corrected chi connectivity index (χ4v) is 2.29. The summed E-state index contributed by atoms with van der Waals surface area (Å²) in [7, 11) is 1.83. The molecule has 0 radical (unpaired) electrons. The van der Waals surface area contributed by atoms with Gasteiger partial charge in [-0.3, -0.25) is 14.9 Å². The number of hydrogen-bond donors (Lipinski definition) is 0. The van der Waals surface area contributed by atoms with Gasteiger partial charge >= 0.3 is 0 Å². The highest BCUT2D eigenvalue weighted by Gasteiger charge is 2.28. The third-order valence-electron chi connectivity index (χ3n) is 3.47. The van der Waals surface area contributed by atoms with Gasteiger partial charge in [0, 0.05) is 31.6 Å². The molecule has 1 aliphatic rings. The first-order chi connectivity index (χ1) is 8.58. The van der Waals surface area contributed by atoms with Crippen LogP contribution in [0.5, 0.6) is 0 Å². The molecular weight excluding hydrogens is 232 g/mol. The summed E-state index contributed by atoms with van der Waals surface area (Å²) in [6.07, 6.45) is 2.53. The molecular formula is C13H16N2O3. The topological polar surface area (TPSA) is 63.4 Å². The summed E-state index contributed by atoms with van der Waals surface area (Å²) in [5, 5.41) is 10.5. The number of carbonyl (C=O) groups is 1.